The SMILES string of the molecule is CN1C(=O)N(C)[C@H]2[C@@H](c3ccccc3)O[C@@]2(C)C1=O. The van der Waals surface area contributed by atoms with Gasteiger partial charge in [-0.25, -0.2) is 4.79 Å². The van der Waals surface area contributed by atoms with Gasteiger partial charge in [0.1, 0.15) is 12.1 Å². The predicted octanol–water partition coefficient (Wildman–Crippen LogP) is 1.41. The molecule has 3 amide bonds. The van der Waals surface area contributed by atoms with Gasteiger partial charge in [0.25, 0.3) is 5.91 Å². The monoisotopic (exact) mass is 260 g/mol. The largest absolute Gasteiger partial charge is 0.353 e. The second-order valence-electron chi connectivity index (χ2n) is 5.26. The molecule has 19 heavy (non-hydrogen) atoms. The molecule has 3 rings (SSSR count). The lowest BCUT2D eigenvalue weighted by atomic mass is 9.78. The second kappa shape index (κ2) is 3.81. The lowest BCUT2D eigenvalue weighted by Gasteiger charge is -2.58. The first-order valence-corrected chi connectivity index (χ1v) is 6.24. The van der Waals surface area contributed by atoms with Gasteiger partial charge in [0, 0.05) is 14.1 Å². The van der Waals surface area contributed by atoms with Gasteiger partial charge in [0.15, 0.2) is 5.60 Å². The van der Waals surface area contributed by atoms with E-state index in [0.29, 0.717) is 0 Å². The van der Waals surface area contributed by atoms with Gasteiger partial charge >= 0.3 is 6.03 Å². The summed E-state index contributed by atoms with van der Waals surface area (Å²) in [5, 5.41) is 0. The summed E-state index contributed by atoms with van der Waals surface area (Å²) in [5.74, 6) is -0.271. The van der Waals surface area contributed by atoms with Crippen LogP contribution in [-0.2, 0) is 9.53 Å². The number of benzene rings is 1. The fourth-order valence-corrected chi connectivity index (χ4v) is 3.03. The van der Waals surface area contributed by atoms with Crippen LogP contribution in [0.5, 0.6) is 0 Å². The van der Waals surface area contributed by atoms with Crippen LogP contribution in [0.4, 0.5) is 4.79 Å². The van der Waals surface area contributed by atoms with Gasteiger partial charge in [-0.2, -0.15) is 0 Å². The third kappa shape index (κ3) is 1.45. The molecule has 1 aromatic carbocycles. The summed E-state index contributed by atoms with van der Waals surface area (Å²) in [6.07, 6.45) is -0.238. The molecule has 0 spiro atoms. The Kier molecular flexibility index (Phi) is 2.44. The fraction of sp³-hybridized carbons (Fsp3) is 0.429. The fourth-order valence-electron chi connectivity index (χ4n) is 3.03. The standard InChI is InChI=1S/C14H16N2O3/c1-14-11(15(2)13(18)16(3)12(14)17)10(19-14)9-7-5-4-6-8-9/h4-8,10-11H,1-3H3/t10-,11+,14-/m1/s1. The molecule has 0 bridgehead atoms. The number of hydrogen-bond acceptors (Lipinski definition) is 3. The lowest BCUT2D eigenvalue weighted by Crippen LogP contribution is -2.76. The number of ether oxygens (including phenoxy) is 1. The summed E-state index contributed by atoms with van der Waals surface area (Å²) in [6.45, 7) is 1.75. The normalized spacial score (nSPS) is 34.1. The molecule has 2 saturated heterocycles. The smallest absolute Gasteiger partial charge is 0.326 e. The van der Waals surface area contributed by atoms with Gasteiger partial charge in [-0.1, -0.05) is 30.3 Å². The van der Waals surface area contributed by atoms with E-state index >= 15 is 0 Å². The highest BCUT2D eigenvalue weighted by molar-refractivity contribution is 6.02. The van der Waals surface area contributed by atoms with E-state index in [1.807, 2.05) is 30.3 Å². The zero-order valence-corrected chi connectivity index (χ0v) is 11.2. The molecular formula is C14H16N2O3. The topological polar surface area (TPSA) is 49.9 Å². The first kappa shape index (κ1) is 12.2. The average Bonchev–Trinajstić information content (AvgIpc) is 2.41. The minimum absolute atomic E-state index is 0.238. The number of amides is 3. The quantitative estimate of drug-likeness (QED) is 0.767. The van der Waals surface area contributed by atoms with Gasteiger partial charge in [-0.3, -0.25) is 9.69 Å². The maximum atomic E-state index is 12.2. The molecule has 0 N–H and O–H groups in total. The van der Waals surface area contributed by atoms with Crippen molar-refractivity contribution in [3.8, 4) is 0 Å². The molecule has 2 aliphatic heterocycles. The van der Waals surface area contributed by atoms with Gasteiger partial charge in [0.05, 0.1) is 0 Å². The Bertz CT molecular complexity index is 545. The Morgan fingerprint density at radius 2 is 1.79 bits per heavy atom. The van der Waals surface area contributed by atoms with Crippen LogP contribution >= 0.6 is 0 Å². The number of hydrogen-bond donors (Lipinski definition) is 0. The van der Waals surface area contributed by atoms with Crippen molar-refractivity contribution in [3.05, 3.63) is 35.9 Å². The lowest BCUT2D eigenvalue weighted by molar-refractivity contribution is -0.255. The maximum Gasteiger partial charge on any atom is 0.326 e. The number of rotatable bonds is 1. The molecule has 100 valence electrons. The van der Waals surface area contributed by atoms with Crippen LogP contribution in [0.25, 0.3) is 0 Å². The molecular weight excluding hydrogens is 244 g/mol. The highest BCUT2D eigenvalue weighted by Crippen LogP contribution is 2.49. The van der Waals surface area contributed by atoms with Crippen LogP contribution in [0.3, 0.4) is 0 Å². The minimum Gasteiger partial charge on any atom is -0.353 e. The van der Waals surface area contributed by atoms with E-state index in [-0.39, 0.29) is 24.1 Å². The van der Waals surface area contributed by atoms with E-state index < -0.39 is 5.60 Å². The molecule has 0 unspecified atom stereocenters. The van der Waals surface area contributed by atoms with Gasteiger partial charge < -0.3 is 9.64 Å². The average molecular weight is 260 g/mol. The van der Waals surface area contributed by atoms with Crippen molar-refractivity contribution >= 4 is 11.9 Å². The van der Waals surface area contributed by atoms with Crippen LogP contribution in [0.15, 0.2) is 30.3 Å². The van der Waals surface area contributed by atoms with E-state index in [2.05, 4.69) is 0 Å². The molecule has 5 heteroatoms. The first-order chi connectivity index (χ1) is 8.97. The number of nitrogens with zero attached hydrogens (tertiary/aromatic N) is 2. The molecule has 2 heterocycles. The third-order valence-corrected chi connectivity index (χ3v) is 4.09. The van der Waals surface area contributed by atoms with Crippen LogP contribution in [-0.4, -0.2) is 47.5 Å². The Morgan fingerprint density at radius 1 is 1.16 bits per heavy atom. The van der Waals surface area contributed by atoms with Crippen molar-refractivity contribution in [2.24, 2.45) is 0 Å². The minimum atomic E-state index is -0.933. The summed E-state index contributed by atoms with van der Waals surface area (Å²) in [6, 6.07) is 9.15. The van der Waals surface area contributed by atoms with Crippen molar-refractivity contribution in [2.45, 2.75) is 24.7 Å². The van der Waals surface area contributed by atoms with Crippen molar-refractivity contribution < 1.29 is 14.3 Å². The molecule has 0 saturated carbocycles. The Balaban J connectivity index is 1.96. The molecule has 5 nitrogen and oxygen atoms in total. The number of imide groups is 1. The molecule has 2 aliphatic rings. The Hall–Kier alpha value is -1.88. The summed E-state index contributed by atoms with van der Waals surface area (Å²) >= 11 is 0. The highest BCUT2D eigenvalue weighted by atomic mass is 16.6. The molecule has 0 aliphatic carbocycles. The summed E-state index contributed by atoms with van der Waals surface area (Å²) in [4.78, 5) is 26.9. The van der Waals surface area contributed by atoms with E-state index in [0.717, 1.165) is 10.5 Å². The first-order valence-electron chi connectivity index (χ1n) is 6.24. The Labute approximate surface area is 111 Å². The Morgan fingerprint density at radius 3 is 2.42 bits per heavy atom. The number of fused-ring (bicyclic) bond motifs is 1. The number of likely N-dealkylation sites (N-methyl/N-ethyl adjacent to an activating group) is 2. The summed E-state index contributed by atoms with van der Waals surface area (Å²) in [5.41, 5.74) is 0.0553. The highest BCUT2D eigenvalue weighted by Gasteiger charge is 2.65. The second-order valence-corrected chi connectivity index (χ2v) is 5.26. The van der Waals surface area contributed by atoms with Gasteiger partial charge in [0.2, 0.25) is 0 Å². The van der Waals surface area contributed by atoms with E-state index in [9.17, 15) is 9.59 Å². The molecule has 0 radical (unpaired) electrons. The zero-order valence-electron chi connectivity index (χ0n) is 11.2. The molecule has 2 fully saturated rings. The van der Waals surface area contributed by atoms with Crippen molar-refractivity contribution in [2.75, 3.05) is 14.1 Å². The molecule has 3 atom stereocenters. The number of carbonyl (C=O) groups excluding carboxylic acids is 2. The van der Waals surface area contributed by atoms with Crippen molar-refractivity contribution in [1.82, 2.24) is 9.80 Å². The maximum absolute atomic E-state index is 12.2. The van der Waals surface area contributed by atoms with E-state index in [1.165, 1.54) is 7.05 Å². The molecule has 1 aromatic rings. The molecule has 0 aromatic heterocycles. The van der Waals surface area contributed by atoms with Gasteiger partial charge in [-0.05, 0) is 12.5 Å². The number of urea groups is 1. The van der Waals surface area contributed by atoms with Crippen LogP contribution in [0.2, 0.25) is 0 Å². The third-order valence-electron chi connectivity index (χ3n) is 4.09. The van der Waals surface area contributed by atoms with E-state index in [4.69, 9.17) is 4.74 Å². The zero-order chi connectivity index (χ0) is 13.8. The van der Waals surface area contributed by atoms with Crippen LogP contribution in [0, 0.1) is 0 Å². The van der Waals surface area contributed by atoms with Crippen molar-refractivity contribution in [1.29, 1.82) is 0 Å². The van der Waals surface area contributed by atoms with Crippen LogP contribution in [0.1, 0.15) is 18.6 Å². The van der Waals surface area contributed by atoms with Gasteiger partial charge in [-0.15, -0.1) is 0 Å². The summed E-state index contributed by atoms with van der Waals surface area (Å²) in [7, 11) is 3.20. The van der Waals surface area contributed by atoms with Crippen LogP contribution < -0.4 is 0 Å². The number of carbonyl (C=O) groups is 2. The summed E-state index contributed by atoms with van der Waals surface area (Å²) < 4.78 is 5.83. The predicted molar refractivity (Wildman–Crippen MR) is 68.4 cm³/mol. The van der Waals surface area contributed by atoms with E-state index in [1.54, 1.807) is 18.9 Å². The van der Waals surface area contributed by atoms with Crippen molar-refractivity contribution in [3.63, 3.8) is 0 Å².